The summed E-state index contributed by atoms with van der Waals surface area (Å²) >= 11 is 0. The summed E-state index contributed by atoms with van der Waals surface area (Å²) in [6.07, 6.45) is 4.06. The Kier molecular flexibility index (Phi) is 4.79. The maximum atomic E-state index is 11.5. The van der Waals surface area contributed by atoms with Gasteiger partial charge in [0.05, 0.1) is 6.54 Å². The second kappa shape index (κ2) is 6.11. The minimum atomic E-state index is -1.94. The quantitative estimate of drug-likeness (QED) is 0.660. The van der Waals surface area contributed by atoms with Gasteiger partial charge in [0.25, 0.3) is 0 Å². The Balaban J connectivity index is 2.33. The van der Waals surface area contributed by atoms with Crippen molar-refractivity contribution in [2.24, 2.45) is 0 Å². The summed E-state index contributed by atoms with van der Waals surface area (Å²) in [4.78, 5) is 26.0. The molecule has 1 atom stereocenters. The Hall–Kier alpha value is -1.95. The highest BCUT2D eigenvalue weighted by atomic mass is 16.4. The molecule has 1 aromatic heterocycles. The minimum absolute atomic E-state index is 0.224. The lowest BCUT2D eigenvalue weighted by atomic mass is 10.1. The molecular formula is C12H16N2O4. The van der Waals surface area contributed by atoms with Gasteiger partial charge in [0.1, 0.15) is 0 Å². The number of hydrogen-bond donors (Lipinski definition) is 3. The topological polar surface area (TPSA) is 99.5 Å². The molecule has 1 amide bonds. The SMILES string of the molecule is CC(O)(CNC(=O)CCc1cccnc1)C(=O)O. The van der Waals surface area contributed by atoms with Crippen LogP contribution in [0.4, 0.5) is 0 Å². The molecule has 0 aliphatic heterocycles. The van der Waals surface area contributed by atoms with E-state index in [2.05, 4.69) is 10.3 Å². The molecule has 6 nitrogen and oxygen atoms in total. The number of rotatable bonds is 6. The Bertz CT molecular complexity index is 417. The van der Waals surface area contributed by atoms with Gasteiger partial charge in [-0.2, -0.15) is 0 Å². The van der Waals surface area contributed by atoms with E-state index in [4.69, 9.17) is 5.11 Å². The molecule has 0 aromatic carbocycles. The van der Waals surface area contributed by atoms with Crippen LogP contribution >= 0.6 is 0 Å². The highest BCUT2D eigenvalue weighted by Crippen LogP contribution is 2.03. The molecule has 0 spiro atoms. The maximum Gasteiger partial charge on any atom is 0.337 e. The van der Waals surface area contributed by atoms with Crippen molar-refractivity contribution in [3.05, 3.63) is 30.1 Å². The number of nitrogens with one attached hydrogen (secondary N) is 1. The molecule has 1 heterocycles. The van der Waals surface area contributed by atoms with Crippen molar-refractivity contribution in [1.82, 2.24) is 10.3 Å². The molecule has 0 aliphatic carbocycles. The number of aliphatic carboxylic acids is 1. The summed E-state index contributed by atoms with van der Waals surface area (Å²) in [6, 6.07) is 3.64. The van der Waals surface area contributed by atoms with Crippen LogP contribution in [0.5, 0.6) is 0 Å². The lowest BCUT2D eigenvalue weighted by Gasteiger charge is -2.18. The number of nitrogens with zero attached hydrogens (tertiary/aromatic N) is 1. The monoisotopic (exact) mass is 252 g/mol. The van der Waals surface area contributed by atoms with Crippen LogP contribution in [-0.2, 0) is 16.0 Å². The van der Waals surface area contributed by atoms with Crippen LogP contribution in [0.2, 0.25) is 0 Å². The molecule has 18 heavy (non-hydrogen) atoms. The standard InChI is InChI=1S/C12H16N2O4/c1-12(18,11(16)17)8-14-10(15)5-4-9-3-2-6-13-7-9/h2-3,6-7,18H,4-5,8H2,1H3,(H,14,15)(H,16,17). The third kappa shape index (κ3) is 4.50. The molecule has 6 heteroatoms. The fourth-order valence-corrected chi connectivity index (χ4v) is 1.24. The molecule has 1 rings (SSSR count). The van der Waals surface area contributed by atoms with Crippen LogP contribution in [0.25, 0.3) is 0 Å². The second-order valence-electron chi connectivity index (χ2n) is 4.22. The van der Waals surface area contributed by atoms with E-state index < -0.39 is 11.6 Å². The number of hydrogen-bond acceptors (Lipinski definition) is 4. The average molecular weight is 252 g/mol. The molecule has 1 aromatic rings. The zero-order valence-electron chi connectivity index (χ0n) is 10.1. The number of aromatic nitrogens is 1. The number of aliphatic hydroxyl groups is 1. The fraction of sp³-hybridized carbons (Fsp3) is 0.417. The highest BCUT2D eigenvalue weighted by Gasteiger charge is 2.30. The van der Waals surface area contributed by atoms with E-state index in [0.717, 1.165) is 12.5 Å². The van der Waals surface area contributed by atoms with Gasteiger partial charge >= 0.3 is 5.97 Å². The van der Waals surface area contributed by atoms with E-state index >= 15 is 0 Å². The lowest BCUT2D eigenvalue weighted by Crippen LogP contribution is -2.46. The van der Waals surface area contributed by atoms with Crippen molar-refractivity contribution >= 4 is 11.9 Å². The Morgan fingerprint density at radius 3 is 2.78 bits per heavy atom. The predicted octanol–water partition coefficient (Wildman–Crippen LogP) is -0.0340. The molecule has 0 aliphatic rings. The van der Waals surface area contributed by atoms with Gasteiger partial charge in [-0.1, -0.05) is 6.07 Å². The first-order chi connectivity index (χ1) is 8.42. The Morgan fingerprint density at radius 2 is 2.22 bits per heavy atom. The first kappa shape index (κ1) is 14.1. The van der Waals surface area contributed by atoms with E-state index in [0.29, 0.717) is 6.42 Å². The van der Waals surface area contributed by atoms with Gasteiger partial charge in [-0.05, 0) is 25.0 Å². The van der Waals surface area contributed by atoms with E-state index in [1.54, 1.807) is 18.5 Å². The third-order valence-electron chi connectivity index (χ3n) is 2.45. The van der Waals surface area contributed by atoms with Crippen molar-refractivity contribution < 1.29 is 19.8 Å². The predicted molar refractivity (Wildman–Crippen MR) is 63.8 cm³/mol. The van der Waals surface area contributed by atoms with Gasteiger partial charge in [0.15, 0.2) is 5.60 Å². The Morgan fingerprint density at radius 1 is 1.50 bits per heavy atom. The first-order valence-corrected chi connectivity index (χ1v) is 5.53. The van der Waals surface area contributed by atoms with E-state index in [9.17, 15) is 14.7 Å². The van der Waals surface area contributed by atoms with Crippen molar-refractivity contribution in [3.63, 3.8) is 0 Å². The summed E-state index contributed by atoms with van der Waals surface area (Å²) in [5.74, 6) is -1.67. The normalized spacial score (nSPS) is 13.7. The first-order valence-electron chi connectivity index (χ1n) is 5.53. The van der Waals surface area contributed by atoms with Gasteiger partial charge in [-0.15, -0.1) is 0 Å². The zero-order chi connectivity index (χ0) is 13.6. The summed E-state index contributed by atoms with van der Waals surface area (Å²) in [5.41, 5.74) is -1.01. The zero-order valence-corrected chi connectivity index (χ0v) is 10.1. The van der Waals surface area contributed by atoms with Gasteiger partial charge in [0, 0.05) is 18.8 Å². The Labute approximate surface area is 105 Å². The number of carboxylic acids is 1. The second-order valence-corrected chi connectivity index (χ2v) is 4.22. The van der Waals surface area contributed by atoms with Crippen LogP contribution in [0.1, 0.15) is 18.9 Å². The minimum Gasteiger partial charge on any atom is -0.479 e. The van der Waals surface area contributed by atoms with Crippen LogP contribution in [-0.4, -0.2) is 39.2 Å². The van der Waals surface area contributed by atoms with Crippen LogP contribution in [0.15, 0.2) is 24.5 Å². The van der Waals surface area contributed by atoms with Gasteiger partial charge in [-0.25, -0.2) is 4.79 Å². The van der Waals surface area contributed by atoms with Gasteiger partial charge in [-0.3, -0.25) is 9.78 Å². The molecule has 98 valence electrons. The number of amides is 1. The average Bonchev–Trinajstić information content (AvgIpc) is 2.35. The smallest absolute Gasteiger partial charge is 0.337 e. The molecule has 0 bridgehead atoms. The number of carboxylic acid groups (broad SMARTS) is 1. The summed E-state index contributed by atoms with van der Waals surface area (Å²) in [5, 5.41) is 20.4. The number of pyridine rings is 1. The molecule has 1 unspecified atom stereocenters. The van der Waals surface area contributed by atoms with E-state index in [1.165, 1.54) is 0 Å². The molecule has 0 radical (unpaired) electrons. The summed E-state index contributed by atoms with van der Waals surface area (Å²) in [7, 11) is 0. The number of carbonyl (C=O) groups excluding carboxylic acids is 1. The molecule has 3 N–H and O–H groups in total. The number of carbonyl (C=O) groups is 2. The highest BCUT2D eigenvalue weighted by molar-refractivity contribution is 5.80. The van der Waals surface area contributed by atoms with Crippen molar-refractivity contribution in [2.45, 2.75) is 25.4 Å². The molecule has 0 fully saturated rings. The van der Waals surface area contributed by atoms with Crippen LogP contribution in [0, 0.1) is 0 Å². The molecule has 0 saturated heterocycles. The third-order valence-corrected chi connectivity index (χ3v) is 2.45. The largest absolute Gasteiger partial charge is 0.479 e. The van der Waals surface area contributed by atoms with Crippen molar-refractivity contribution in [3.8, 4) is 0 Å². The summed E-state index contributed by atoms with van der Waals surface area (Å²) in [6.45, 7) is 0.824. The van der Waals surface area contributed by atoms with Gasteiger partial charge in [0.2, 0.25) is 5.91 Å². The van der Waals surface area contributed by atoms with Crippen LogP contribution < -0.4 is 5.32 Å². The van der Waals surface area contributed by atoms with Crippen molar-refractivity contribution in [2.75, 3.05) is 6.54 Å². The van der Waals surface area contributed by atoms with E-state index in [-0.39, 0.29) is 18.9 Å². The number of aryl methyl sites for hydroxylation is 1. The van der Waals surface area contributed by atoms with Crippen LogP contribution in [0.3, 0.4) is 0 Å². The van der Waals surface area contributed by atoms with E-state index in [1.807, 2.05) is 6.07 Å². The van der Waals surface area contributed by atoms with Gasteiger partial charge < -0.3 is 15.5 Å². The molecule has 0 saturated carbocycles. The molecular weight excluding hydrogens is 236 g/mol. The maximum absolute atomic E-state index is 11.5. The van der Waals surface area contributed by atoms with Crippen molar-refractivity contribution in [1.29, 1.82) is 0 Å². The lowest BCUT2D eigenvalue weighted by molar-refractivity contribution is -0.156. The summed E-state index contributed by atoms with van der Waals surface area (Å²) < 4.78 is 0. The fourth-order valence-electron chi connectivity index (χ4n) is 1.24.